The van der Waals surface area contributed by atoms with Gasteiger partial charge < -0.3 is 14.9 Å². The highest BCUT2D eigenvalue weighted by atomic mass is 32.2. The molecular formula is C21H25N3O5S. The molecule has 1 amide bonds. The number of rotatable bonds is 9. The molecule has 0 radical (unpaired) electrons. The number of hydrogen-bond acceptors (Lipinski definition) is 6. The fourth-order valence-corrected chi connectivity index (χ4v) is 4.13. The molecule has 0 saturated heterocycles. The van der Waals surface area contributed by atoms with E-state index in [0.29, 0.717) is 30.0 Å². The number of ether oxygens (including phenoxy) is 1. The Hall–Kier alpha value is -2.75. The Kier molecular flexibility index (Phi) is 6.86. The molecule has 9 heteroatoms. The number of amides is 1. The number of sulfonamides is 1. The summed E-state index contributed by atoms with van der Waals surface area (Å²) in [6, 6.07) is 16.2. The van der Waals surface area contributed by atoms with Gasteiger partial charge in [-0.15, -0.1) is 0 Å². The van der Waals surface area contributed by atoms with Crippen LogP contribution in [0.1, 0.15) is 24.5 Å². The average Bonchev–Trinajstić information content (AvgIpc) is 3.12. The minimum absolute atomic E-state index is 0.199. The fourth-order valence-electron chi connectivity index (χ4n) is 3.02. The quantitative estimate of drug-likeness (QED) is 0.593. The molecule has 0 aromatic heterocycles. The maximum atomic E-state index is 12.8. The van der Waals surface area contributed by atoms with Crippen molar-refractivity contribution in [1.82, 2.24) is 4.72 Å². The van der Waals surface area contributed by atoms with Gasteiger partial charge in [0.2, 0.25) is 15.6 Å². The van der Waals surface area contributed by atoms with E-state index in [1.807, 2.05) is 30.3 Å². The Bertz CT molecular complexity index is 1020. The summed E-state index contributed by atoms with van der Waals surface area (Å²) >= 11 is 0. The van der Waals surface area contributed by atoms with Gasteiger partial charge in [-0.25, -0.2) is 13.1 Å². The van der Waals surface area contributed by atoms with E-state index in [0.717, 1.165) is 5.56 Å². The topological polar surface area (TPSA) is 106 Å². The van der Waals surface area contributed by atoms with Gasteiger partial charge in [0.25, 0.3) is 5.91 Å². The summed E-state index contributed by atoms with van der Waals surface area (Å²) in [6.07, 6.45) is 0.334. The van der Waals surface area contributed by atoms with Crippen LogP contribution in [-0.4, -0.2) is 45.9 Å². The minimum atomic E-state index is -3.50. The van der Waals surface area contributed by atoms with Gasteiger partial charge in [0.05, 0.1) is 18.1 Å². The average molecular weight is 432 g/mol. The molecule has 2 aromatic carbocycles. The van der Waals surface area contributed by atoms with Crippen molar-refractivity contribution in [2.24, 2.45) is 5.16 Å². The lowest BCUT2D eigenvalue weighted by atomic mass is 9.95. The molecule has 1 aliphatic rings. The number of benzene rings is 2. The normalized spacial score (nSPS) is 18.5. The molecule has 1 atom stereocenters. The lowest BCUT2D eigenvalue weighted by Crippen LogP contribution is -2.40. The number of carbonyl (C=O) groups is 1. The number of methoxy groups -OCH3 is 1. The lowest BCUT2D eigenvalue weighted by Gasteiger charge is -2.20. The second-order valence-corrected chi connectivity index (χ2v) is 9.01. The van der Waals surface area contributed by atoms with Crippen molar-refractivity contribution >= 4 is 27.3 Å². The molecule has 3 rings (SSSR count). The smallest absolute Gasteiger partial charge is 0.271 e. The van der Waals surface area contributed by atoms with Crippen LogP contribution in [0.4, 0.5) is 5.69 Å². The first-order chi connectivity index (χ1) is 14.3. The molecule has 160 valence electrons. The summed E-state index contributed by atoms with van der Waals surface area (Å²) in [7, 11) is -2.00. The molecule has 0 saturated carbocycles. The Labute approximate surface area is 176 Å². The summed E-state index contributed by atoms with van der Waals surface area (Å²) in [5, 5.41) is 6.88. The van der Waals surface area contributed by atoms with Gasteiger partial charge in [-0.05, 0) is 30.2 Å². The largest absolute Gasteiger partial charge is 0.383 e. The summed E-state index contributed by atoms with van der Waals surface area (Å²) < 4.78 is 31.6. The van der Waals surface area contributed by atoms with Crippen LogP contribution in [0.25, 0.3) is 0 Å². The number of hydrogen-bond donors (Lipinski definition) is 2. The Morgan fingerprint density at radius 2 is 1.97 bits per heavy atom. The number of anilines is 1. The monoisotopic (exact) mass is 431 g/mol. The number of oxime groups is 1. The van der Waals surface area contributed by atoms with E-state index in [4.69, 9.17) is 9.57 Å². The van der Waals surface area contributed by atoms with Crippen LogP contribution < -0.4 is 10.0 Å². The molecule has 0 aliphatic carbocycles. The SMILES string of the molecule is COCCNS(=O)(=O)Cc1cccc(NC(=O)[C@@]2(C)CC(c3ccccc3)=NO2)c1. The van der Waals surface area contributed by atoms with Crippen LogP contribution in [0.2, 0.25) is 0 Å². The van der Waals surface area contributed by atoms with E-state index in [9.17, 15) is 13.2 Å². The third-order valence-corrected chi connectivity index (χ3v) is 5.98. The predicted molar refractivity (Wildman–Crippen MR) is 115 cm³/mol. The van der Waals surface area contributed by atoms with Crippen molar-refractivity contribution in [1.29, 1.82) is 0 Å². The fraction of sp³-hybridized carbons (Fsp3) is 0.333. The second kappa shape index (κ2) is 9.38. The first-order valence-electron chi connectivity index (χ1n) is 9.48. The van der Waals surface area contributed by atoms with Crippen molar-refractivity contribution < 1.29 is 22.8 Å². The van der Waals surface area contributed by atoms with E-state index in [1.54, 1.807) is 31.2 Å². The standard InChI is InChI=1S/C21H25N3O5S/c1-21(14-19(24-29-21)17-8-4-3-5-9-17)20(25)23-18-10-6-7-16(13-18)15-30(26,27)22-11-12-28-2/h3-10,13,22H,11-12,14-15H2,1-2H3,(H,23,25)/t21-/m1/s1. The predicted octanol–water partition coefficient (Wildman–Crippen LogP) is 2.27. The maximum absolute atomic E-state index is 12.8. The first kappa shape index (κ1) is 21.9. The van der Waals surface area contributed by atoms with Crippen molar-refractivity contribution in [2.75, 3.05) is 25.6 Å². The van der Waals surface area contributed by atoms with E-state index < -0.39 is 15.6 Å². The third-order valence-electron chi connectivity index (χ3n) is 4.62. The minimum Gasteiger partial charge on any atom is -0.383 e. The van der Waals surface area contributed by atoms with Gasteiger partial charge in [-0.3, -0.25) is 4.79 Å². The van der Waals surface area contributed by atoms with Crippen LogP contribution in [0.5, 0.6) is 0 Å². The zero-order chi connectivity index (χ0) is 21.6. The van der Waals surface area contributed by atoms with E-state index >= 15 is 0 Å². The second-order valence-electron chi connectivity index (χ2n) is 7.20. The molecular weight excluding hydrogens is 406 g/mol. The van der Waals surface area contributed by atoms with Crippen LogP contribution in [0.15, 0.2) is 59.8 Å². The van der Waals surface area contributed by atoms with Crippen LogP contribution in [0.3, 0.4) is 0 Å². The number of nitrogens with zero attached hydrogens (tertiary/aromatic N) is 1. The lowest BCUT2D eigenvalue weighted by molar-refractivity contribution is -0.135. The number of carbonyl (C=O) groups excluding carboxylic acids is 1. The van der Waals surface area contributed by atoms with Crippen molar-refractivity contribution in [3.8, 4) is 0 Å². The third kappa shape index (κ3) is 5.65. The highest BCUT2D eigenvalue weighted by Gasteiger charge is 2.42. The van der Waals surface area contributed by atoms with Crippen LogP contribution in [0, 0.1) is 0 Å². The molecule has 8 nitrogen and oxygen atoms in total. The summed E-state index contributed by atoms with van der Waals surface area (Å²) in [6.45, 7) is 2.17. The van der Waals surface area contributed by atoms with E-state index in [2.05, 4.69) is 15.2 Å². The molecule has 0 bridgehead atoms. The van der Waals surface area contributed by atoms with Crippen molar-refractivity contribution in [2.45, 2.75) is 24.7 Å². The summed E-state index contributed by atoms with van der Waals surface area (Å²) in [5.41, 5.74) is 1.51. The molecule has 0 spiro atoms. The molecule has 0 unspecified atom stereocenters. The number of nitrogens with one attached hydrogen (secondary N) is 2. The van der Waals surface area contributed by atoms with Crippen molar-refractivity contribution in [3.63, 3.8) is 0 Å². The molecule has 2 aromatic rings. The Balaban J connectivity index is 1.63. The molecule has 0 fully saturated rings. The van der Waals surface area contributed by atoms with E-state index in [-0.39, 0.29) is 18.2 Å². The molecule has 2 N–H and O–H groups in total. The zero-order valence-electron chi connectivity index (χ0n) is 16.9. The maximum Gasteiger partial charge on any atom is 0.271 e. The summed E-state index contributed by atoms with van der Waals surface area (Å²) in [4.78, 5) is 18.3. The molecule has 30 heavy (non-hydrogen) atoms. The zero-order valence-corrected chi connectivity index (χ0v) is 17.7. The van der Waals surface area contributed by atoms with Crippen molar-refractivity contribution in [3.05, 3.63) is 65.7 Å². The van der Waals surface area contributed by atoms with Gasteiger partial charge in [-0.1, -0.05) is 47.6 Å². The van der Waals surface area contributed by atoms with Crippen LogP contribution >= 0.6 is 0 Å². The Morgan fingerprint density at radius 3 is 2.70 bits per heavy atom. The molecule has 1 aliphatic heterocycles. The van der Waals surface area contributed by atoms with Gasteiger partial charge >= 0.3 is 0 Å². The first-order valence-corrected chi connectivity index (χ1v) is 11.1. The summed E-state index contributed by atoms with van der Waals surface area (Å²) in [5.74, 6) is -0.550. The highest BCUT2D eigenvalue weighted by molar-refractivity contribution is 7.88. The molecule has 1 heterocycles. The Morgan fingerprint density at radius 1 is 1.20 bits per heavy atom. The van der Waals surface area contributed by atoms with Crippen LogP contribution in [-0.2, 0) is 30.1 Å². The van der Waals surface area contributed by atoms with Gasteiger partial charge in [0, 0.05) is 25.8 Å². The van der Waals surface area contributed by atoms with Gasteiger partial charge in [0.15, 0.2) is 0 Å². The van der Waals surface area contributed by atoms with Gasteiger partial charge in [0.1, 0.15) is 0 Å². The van der Waals surface area contributed by atoms with E-state index in [1.165, 1.54) is 7.11 Å². The van der Waals surface area contributed by atoms with Gasteiger partial charge in [-0.2, -0.15) is 0 Å². The highest BCUT2D eigenvalue weighted by Crippen LogP contribution is 2.28.